The summed E-state index contributed by atoms with van der Waals surface area (Å²) < 4.78 is 13.3. The number of hydrogen-bond donors (Lipinski definition) is 0. The molecule has 0 aliphatic rings. The molecular weight excluding hydrogens is 285 g/mol. The minimum absolute atomic E-state index is 0.168. The number of rotatable bonds is 2. The van der Waals surface area contributed by atoms with Crippen LogP contribution in [0.4, 0.5) is 4.39 Å². The van der Waals surface area contributed by atoms with Gasteiger partial charge in [0, 0.05) is 23.0 Å². The molecule has 86 valence electrons. The number of carbonyl (C=O) groups excluding carboxylic acids is 1. The molecule has 0 saturated heterocycles. The Labute approximate surface area is 107 Å². The lowest BCUT2D eigenvalue weighted by molar-refractivity contribution is 0.103. The van der Waals surface area contributed by atoms with E-state index in [0.717, 1.165) is 5.69 Å². The molecule has 0 N–H and O–H groups in total. The number of aryl methyl sites for hydroxylation is 1. The first-order valence-corrected chi connectivity index (χ1v) is 5.79. The Morgan fingerprint density at radius 3 is 2.53 bits per heavy atom. The Bertz CT molecular complexity index is 566. The van der Waals surface area contributed by atoms with Crippen molar-refractivity contribution in [3.8, 4) is 0 Å². The zero-order valence-electron chi connectivity index (χ0n) is 9.08. The van der Waals surface area contributed by atoms with Crippen LogP contribution in [0, 0.1) is 12.7 Å². The summed E-state index contributed by atoms with van der Waals surface area (Å²) in [6, 6.07) is 7.67. The van der Waals surface area contributed by atoms with Crippen LogP contribution in [0.25, 0.3) is 0 Å². The monoisotopic (exact) mass is 293 g/mol. The smallest absolute Gasteiger partial charge is 0.194 e. The molecule has 2 aromatic rings. The van der Waals surface area contributed by atoms with Gasteiger partial charge in [0.1, 0.15) is 5.82 Å². The Morgan fingerprint density at radius 1 is 1.24 bits per heavy atom. The van der Waals surface area contributed by atoms with Crippen molar-refractivity contribution < 1.29 is 9.18 Å². The molecule has 0 amide bonds. The number of hydrogen-bond acceptors (Lipinski definition) is 2. The van der Waals surface area contributed by atoms with Gasteiger partial charge in [-0.1, -0.05) is 0 Å². The fourth-order valence-corrected chi connectivity index (χ4v) is 1.78. The number of carbonyl (C=O) groups is 1. The Hall–Kier alpha value is -1.55. The molecule has 1 aromatic carbocycles. The van der Waals surface area contributed by atoms with Gasteiger partial charge in [0.15, 0.2) is 5.78 Å². The van der Waals surface area contributed by atoms with Crippen LogP contribution in [0.2, 0.25) is 0 Å². The highest BCUT2D eigenvalue weighted by molar-refractivity contribution is 9.10. The van der Waals surface area contributed by atoms with Gasteiger partial charge in [-0.25, -0.2) is 4.39 Å². The molecule has 4 heteroatoms. The fraction of sp³-hybridized carbons (Fsp3) is 0.0769. The van der Waals surface area contributed by atoms with Gasteiger partial charge in [-0.15, -0.1) is 0 Å². The molecule has 0 unspecified atom stereocenters. The summed E-state index contributed by atoms with van der Waals surface area (Å²) in [5.41, 5.74) is 1.78. The minimum Gasteiger partial charge on any atom is -0.289 e. The van der Waals surface area contributed by atoms with E-state index >= 15 is 0 Å². The van der Waals surface area contributed by atoms with Crippen LogP contribution >= 0.6 is 15.9 Å². The molecule has 0 atom stereocenters. The van der Waals surface area contributed by atoms with Gasteiger partial charge in [-0.2, -0.15) is 0 Å². The number of benzene rings is 1. The second-order valence-electron chi connectivity index (χ2n) is 3.65. The highest BCUT2D eigenvalue weighted by Crippen LogP contribution is 2.19. The first-order valence-electron chi connectivity index (χ1n) is 5.00. The number of pyridine rings is 1. The first kappa shape index (κ1) is 11.9. The number of ketones is 1. The Kier molecular flexibility index (Phi) is 3.33. The van der Waals surface area contributed by atoms with E-state index in [9.17, 15) is 9.18 Å². The SMILES string of the molecule is Cc1ccc(C(=O)c2ccc(F)c(Br)c2)cn1. The van der Waals surface area contributed by atoms with Crippen LogP contribution in [0.1, 0.15) is 21.6 Å². The second-order valence-corrected chi connectivity index (χ2v) is 4.50. The average Bonchev–Trinajstić information content (AvgIpc) is 2.33. The third-order valence-electron chi connectivity index (χ3n) is 2.36. The van der Waals surface area contributed by atoms with Crippen molar-refractivity contribution >= 4 is 21.7 Å². The summed E-state index contributed by atoms with van der Waals surface area (Å²) in [5.74, 6) is -0.554. The van der Waals surface area contributed by atoms with E-state index in [-0.39, 0.29) is 16.1 Å². The normalized spacial score (nSPS) is 10.3. The van der Waals surface area contributed by atoms with E-state index in [1.54, 1.807) is 12.1 Å². The van der Waals surface area contributed by atoms with Gasteiger partial charge in [0.2, 0.25) is 0 Å². The van der Waals surface area contributed by atoms with Crippen LogP contribution in [-0.4, -0.2) is 10.8 Å². The van der Waals surface area contributed by atoms with E-state index in [1.807, 2.05) is 6.92 Å². The zero-order valence-corrected chi connectivity index (χ0v) is 10.7. The van der Waals surface area contributed by atoms with E-state index in [0.29, 0.717) is 11.1 Å². The largest absolute Gasteiger partial charge is 0.289 e. The van der Waals surface area contributed by atoms with Gasteiger partial charge < -0.3 is 0 Å². The highest BCUT2D eigenvalue weighted by Gasteiger charge is 2.11. The van der Waals surface area contributed by atoms with Crippen molar-refractivity contribution in [2.75, 3.05) is 0 Å². The molecule has 1 aromatic heterocycles. The summed E-state index contributed by atoms with van der Waals surface area (Å²) >= 11 is 3.06. The topological polar surface area (TPSA) is 30.0 Å². The fourth-order valence-electron chi connectivity index (χ4n) is 1.41. The third-order valence-corrected chi connectivity index (χ3v) is 2.96. The predicted octanol–water partition coefficient (Wildman–Crippen LogP) is 3.52. The van der Waals surface area contributed by atoms with Gasteiger partial charge in [0.25, 0.3) is 0 Å². The van der Waals surface area contributed by atoms with Crippen molar-refractivity contribution in [1.29, 1.82) is 0 Å². The van der Waals surface area contributed by atoms with Crippen LogP contribution in [-0.2, 0) is 0 Å². The molecule has 0 aliphatic carbocycles. The summed E-state index contributed by atoms with van der Waals surface area (Å²) in [6.07, 6.45) is 1.52. The Morgan fingerprint density at radius 2 is 1.94 bits per heavy atom. The molecule has 2 rings (SSSR count). The summed E-state index contributed by atoms with van der Waals surface area (Å²) in [4.78, 5) is 16.1. The molecule has 2 nitrogen and oxygen atoms in total. The van der Waals surface area contributed by atoms with E-state index < -0.39 is 0 Å². The minimum atomic E-state index is -0.386. The lowest BCUT2D eigenvalue weighted by Crippen LogP contribution is -2.02. The van der Waals surface area contributed by atoms with Crippen molar-refractivity contribution in [3.05, 3.63) is 63.6 Å². The van der Waals surface area contributed by atoms with E-state index in [2.05, 4.69) is 20.9 Å². The lowest BCUT2D eigenvalue weighted by atomic mass is 10.1. The van der Waals surface area contributed by atoms with Crippen LogP contribution < -0.4 is 0 Å². The Balaban J connectivity index is 2.37. The second kappa shape index (κ2) is 4.75. The maximum absolute atomic E-state index is 13.0. The van der Waals surface area contributed by atoms with Crippen LogP contribution in [0.3, 0.4) is 0 Å². The van der Waals surface area contributed by atoms with Gasteiger partial charge in [-0.3, -0.25) is 9.78 Å². The molecule has 0 saturated carbocycles. The van der Waals surface area contributed by atoms with Crippen molar-refractivity contribution in [3.63, 3.8) is 0 Å². The molecule has 0 aliphatic heterocycles. The molecule has 0 bridgehead atoms. The quantitative estimate of drug-likeness (QED) is 0.793. The maximum atomic E-state index is 13.0. The van der Waals surface area contributed by atoms with Crippen LogP contribution in [0.15, 0.2) is 41.0 Å². The summed E-state index contributed by atoms with van der Waals surface area (Å²) in [6.45, 7) is 1.85. The summed E-state index contributed by atoms with van der Waals surface area (Å²) in [5, 5.41) is 0. The van der Waals surface area contributed by atoms with Crippen molar-refractivity contribution in [1.82, 2.24) is 4.98 Å². The highest BCUT2D eigenvalue weighted by atomic mass is 79.9. The molecular formula is C13H9BrFNO. The molecule has 0 fully saturated rings. The van der Waals surface area contributed by atoms with Gasteiger partial charge in [-0.05, 0) is 53.2 Å². The standard InChI is InChI=1S/C13H9BrFNO/c1-8-2-3-10(7-16-8)13(17)9-4-5-12(15)11(14)6-9/h2-7H,1H3. The zero-order chi connectivity index (χ0) is 12.4. The molecule has 17 heavy (non-hydrogen) atoms. The molecule has 0 radical (unpaired) electrons. The van der Waals surface area contributed by atoms with E-state index in [1.165, 1.54) is 24.4 Å². The number of aromatic nitrogens is 1. The van der Waals surface area contributed by atoms with Crippen molar-refractivity contribution in [2.45, 2.75) is 6.92 Å². The number of halogens is 2. The predicted molar refractivity (Wildman–Crippen MR) is 66.5 cm³/mol. The summed E-state index contributed by atoms with van der Waals surface area (Å²) in [7, 11) is 0. The first-order chi connectivity index (χ1) is 8.08. The van der Waals surface area contributed by atoms with Gasteiger partial charge in [0.05, 0.1) is 4.47 Å². The molecule has 0 spiro atoms. The maximum Gasteiger partial charge on any atom is 0.194 e. The average molecular weight is 294 g/mol. The lowest BCUT2D eigenvalue weighted by Gasteiger charge is -2.02. The van der Waals surface area contributed by atoms with Crippen LogP contribution in [0.5, 0.6) is 0 Å². The van der Waals surface area contributed by atoms with E-state index in [4.69, 9.17) is 0 Å². The third kappa shape index (κ3) is 2.58. The molecule has 1 heterocycles. The van der Waals surface area contributed by atoms with Crippen molar-refractivity contribution in [2.24, 2.45) is 0 Å². The number of nitrogens with zero attached hydrogens (tertiary/aromatic N) is 1. The van der Waals surface area contributed by atoms with Gasteiger partial charge >= 0.3 is 0 Å².